The summed E-state index contributed by atoms with van der Waals surface area (Å²) >= 11 is 0. The van der Waals surface area contributed by atoms with Gasteiger partial charge in [-0.2, -0.15) is 0 Å². The summed E-state index contributed by atoms with van der Waals surface area (Å²) in [5.74, 6) is 0.779. The maximum Gasteiger partial charge on any atom is 0.172 e. The number of carbonyl (C=O) groups excluding carboxylic acids is 1. The van der Waals surface area contributed by atoms with Crippen molar-refractivity contribution in [3.63, 3.8) is 0 Å². The van der Waals surface area contributed by atoms with E-state index >= 15 is 0 Å². The highest BCUT2D eigenvalue weighted by atomic mass is 19.1. The molecule has 2 aromatic rings. The van der Waals surface area contributed by atoms with E-state index < -0.39 is 0 Å². The van der Waals surface area contributed by atoms with Crippen molar-refractivity contribution in [1.29, 1.82) is 0 Å². The summed E-state index contributed by atoms with van der Waals surface area (Å²) < 4.78 is 20.0. The molecule has 1 heterocycles. The van der Waals surface area contributed by atoms with Crippen molar-refractivity contribution in [2.45, 2.75) is 31.6 Å². The first-order valence-electron chi connectivity index (χ1n) is 8.07. The average molecular weight is 313 g/mol. The van der Waals surface area contributed by atoms with Crippen LogP contribution in [0.1, 0.15) is 47.7 Å². The molecule has 1 aromatic heterocycles. The van der Waals surface area contributed by atoms with Crippen LogP contribution < -0.4 is 4.74 Å². The van der Waals surface area contributed by atoms with Gasteiger partial charge in [-0.1, -0.05) is 31.0 Å². The molecule has 0 saturated heterocycles. The Morgan fingerprint density at radius 2 is 2.00 bits per heavy atom. The van der Waals surface area contributed by atoms with Gasteiger partial charge in [0.15, 0.2) is 6.29 Å². The molecular formula is C19H20FNO2. The van der Waals surface area contributed by atoms with E-state index in [0.29, 0.717) is 24.3 Å². The minimum Gasteiger partial charge on any atom is -0.491 e. The third-order valence-electron chi connectivity index (χ3n) is 4.58. The van der Waals surface area contributed by atoms with Gasteiger partial charge in [0.25, 0.3) is 0 Å². The van der Waals surface area contributed by atoms with Crippen LogP contribution in [0.5, 0.6) is 5.75 Å². The fraction of sp³-hybridized carbons (Fsp3) is 0.368. The Morgan fingerprint density at radius 1 is 1.17 bits per heavy atom. The summed E-state index contributed by atoms with van der Waals surface area (Å²) in [6, 6.07) is 10.5. The molecule has 0 amide bonds. The number of aldehydes is 1. The molecule has 1 aromatic carbocycles. The third-order valence-corrected chi connectivity index (χ3v) is 4.58. The zero-order chi connectivity index (χ0) is 16.1. The van der Waals surface area contributed by atoms with Gasteiger partial charge in [0.2, 0.25) is 0 Å². The van der Waals surface area contributed by atoms with Crippen LogP contribution in [0.2, 0.25) is 0 Å². The molecular weight excluding hydrogens is 293 g/mol. The Hall–Kier alpha value is -2.23. The second-order valence-electron chi connectivity index (χ2n) is 5.99. The first-order valence-corrected chi connectivity index (χ1v) is 8.07. The number of pyridine rings is 1. The van der Waals surface area contributed by atoms with Crippen LogP contribution in [0.15, 0.2) is 42.6 Å². The molecule has 0 aliphatic heterocycles. The van der Waals surface area contributed by atoms with E-state index in [4.69, 9.17) is 4.74 Å². The van der Waals surface area contributed by atoms with Gasteiger partial charge in [0.1, 0.15) is 17.3 Å². The van der Waals surface area contributed by atoms with E-state index in [1.165, 1.54) is 6.07 Å². The van der Waals surface area contributed by atoms with Crippen LogP contribution in [0, 0.1) is 11.7 Å². The molecule has 3 nitrogen and oxygen atoms in total. The fourth-order valence-corrected chi connectivity index (χ4v) is 3.40. The van der Waals surface area contributed by atoms with Crippen LogP contribution in [0.25, 0.3) is 0 Å². The van der Waals surface area contributed by atoms with Crippen molar-refractivity contribution in [2.24, 2.45) is 5.92 Å². The van der Waals surface area contributed by atoms with E-state index in [1.54, 1.807) is 24.4 Å². The number of hydrogen-bond donors (Lipinski definition) is 0. The summed E-state index contributed by atoms with van der Waals surface area (Å²) in [6.45, 7) is 0.478. The fourth-order valence-electron chi connectivity index (χ4n) is 3.40. The highest BCUT2D eigenvalue weighted by Gasteiger charge is 2.29. The Labute approximate surface area is 135 Å². The van der Waals surface area contributed by atoms with E-state index in [9.17, 15) is 9.18 Å². The van der Waals surface area contributed by atoms with E-state index in [0.717, 1.165) is 31.2 Å². The standard InChI is InChI=1S/C19H20FNO2/c20-17-9-4-3-8-16(17)15-7-2-1-6-14(15)13-23-19-10-5-11-21-18(19)12-22/h3-5,8-12,14-15H,1-2,6-7,13H2. The zero-order valence-corrected chi connectivity index (χ0v) is 13.0. The molecule has 1 aliphatic carbocycles. The molecule has 1 aliphatic rings. The average Bonchev–Trinajstić information content (AvgIpc) is 2.61. The van der Waals surface area contributed by atoms with Crippen LogP contribution >= 0.6 is 0 Å². The summed E-state index contributed by atoms with van der Waals surface area (Å²) in [6.07, 6.45) is 6.50. The lowest BCUT2D eigenvalue weighted by molar-refractivity contribution is 0.111. The Bertz CT molecular complexity index is 674. The minimum atomic E-state index is -0.139. The lowest BCUT2D eigenvalue weighted by Gasteiger charge is -2.32. The van der Waals surface area contributed by atoms with Crippen LogP contribution in [-0.2, 0) is 0 Å². The number of rotatable bonds is 5. The molecule has 1 fully saturated rings. The van der Waals surface area contributed by atoms with E-state index in [2.05, 4.69) is 4.98 Å². The molecule has 2 unspecified atom stereocenters. The van der Waals surface area contributed by atoms with Crippen molar-refractivity contribution in [1.82, 2.24) is 4.98 Å². The van der Waals surface area contributed by atoms with Crippen molar-refractivity contribution in [2.75, 3.05) is 6.61 Å². The summed E-state index contributed by atoms with van der Waals surface area (Å²) in [5.41, 5.74) is 1.09. The second-order valence-corrected chi connectivity index (χ2v) is 5.99. The van der Waals surface area contributed by atoms with E-state index in [1.807, 2.05) is 12.1 Å². The lowest BCUT2D eigenvalue weighted by Crippen LogP contribution is -2.25. The topological polar surface area (TPSA) is 39.2 Å². The molecule has 120 valence electrons. The zero-order valence-electron chi connectivity index (χ0n) is 13.0. The van der Waals surface area contributed by atoms with Gasteiger partial charge in [-0.3, -0.25) is 4.79 Å². The first kappa shape index (κ1) is 15.7. The highest BCUT2D eigenvalue weighted by molar-refractivity contribution is 5.75. The normalized spacial score (nSPS) is 20.9. The number of halogens is 1. The van der Waals surface area contributed by atoms with Gasteiger partial charge in [-0.25, -0.2) is 9.37 Å². The molecule has 1 saturated carbocycles. The summed E-state index contributed by atoms with van der Waals surface area (Å²) in [4.78, 5) is 15.0. The van der Waals surface area contributed by atoms with Gasteiger partial charge in [0.05, 0.1) is 6.61 Å². The molecule has 0 bridgehead atoms. The first-order chi connectivity index (χ1) is 11.3. The summed E-state index contributed by atoms with van der Waals surface area (Å²) in [5, 5.41) is 0. The quantitative estimate of drug-likeness (QED) is 0.769. The predicted molar refractivity (Wildman–Crippen MR) is 86.2 cm³/mol. The number of carbonyl (C=O) groups is 1. The van der Waals surface area contributed by atoms with E-state index in [-0.39, 0.29) is 17.7 Å². The number of hydrogen-bond acceptors (Lipinski definition) is 3. The number of nitrogens with zero attached hydrogens (tertiary/aromatic N) is 1. The molecule has 4 heteroatoms. The summed E-state index contributed by atoms with van der Waals surface area (Å²) in [7, 11) is 0. The third kappa shape index (κ3) is 3.58. The van der Waals surface area contributed by atoms with Gasteiger partial charge >= 0.3 is 0 Å². The highest BCUT2D eigenvalue weighted by Crippen LogP contribution is 2.39. The van der Waals surface area contributed by atoms with Crippen LogP contribution in [0.3, 0.4) is 0 Å². The molecule has 0 spiro atoms. The van der Waals surface area contributed by atoms with Gasteiger partial charge in [0, 0.05) is 6.20 Å². The van der Waals surface area contributed by atoms with Crippen LogP contribution in [-0.4, -0.2) is 17.9 Å². The Kier molecular flexibility index (Phi) is 5.01. The lowest BCUT2D eigenvalue weighted by atomic mass is 9.75. The van der Waals surface area contributed by atoms with Gasteiger partial charge < -0.3 is 4.74 Å². The van der Waals surface area contributed by atoms with Crippen molar-refractivity contribution < 1.29 is 13.9 Å². The minimum absolute atomic E-state index is 0.139. The SMILES string of the molecule is O=Cc1ncccc1OCC1CCCCC1c1ccccc1F. The molecule has 23 heavy (non-hydrogen) atoms. The number of aromatic nitrogens is 1. The largest absolute Gasteiger partial charge is 0.491 e. The molecule has 0 N–H and O–H groups in total. The van der Waals surface area contributed by atoms with Gasteiger partial charge in [-0.05, 0) is 48.4 Å². The maximum atomic E-state index is 14.1. The molecule has 2 atom stereocenters. The number of benzene rings is 1. The van der Waals surface area contributed by atoms with Crippen molar-refractivity contribution in [3.8, 4) is 5.75 Å². The van der Waals surface area contributed by atoms with Gasteiger partial charge in [-0.15, -0.1) is 0 Å². The maximum absolute atomic E-state index is 14.1. The van der Waals surface area contributed by atoms with Crippen molar-refractivity contribution >= 4 is 6.29 Å². The molecule has 3 rings (SSSR count). The molecule has 0 radical (unpaired) electrons. The monoisotopic (exact) mass is 313 g/mol. The van der Waals surface area contributed by atoms with Crippen LogP contribution in [0.4, 0.5) is 4.39 Å². The van der Waals surface area contributed by atoms with Crippen molar-refractivity contribution in [3.05, 3.63) is 59.7 Å². The second kappa shape index (κ2) is 7.36. The number of ether oxygens (including phenoxy) is 1. The predicted octanol–water partition coefficient (Wildman–Crippen LogP) is 4.39. The smallest absolute Gasteiger partial charge is 0.172 e. The Balaban J connectivity index is 1.75. The Morgan fingerprint density at radius 3 is 2.83 bits per heavy atom.